The Morgan fingerprint density at radius 2 is 0.900 bits per heavy atom. The van der Waals surface area contributed by atoms with Gasteiger partial charge in [0, 0.05) is 6.42 Å². The van der Waals surface area contributed by atoms with Crippen LogP contribution in [-0.2, 0) is 23.8 Å². The molecule has 1 amide bonds. The first-order valence-electron chi connectivity index (χ1n) is 32.5. The van der Waals surface area contributed by atoms with E-state index in [0.29, 0.717) is 12.8 Å². The molecule has 8 unspecified atom stereocenters. The average Bonchev–Trinajstić information content (AvgIpc) is 3.48. The SMILES string of the molecule is CC/C=C\C/C=C\C/C=C\C/C=C\C/C=C\CCCCCCCCC(O)C(=O)NC(COC1OC(CO)C(O)C(O)C1OC(=O)CCCCCCCCC/C=C\C/C=C\CCCCC)C(O)/C=C/CCCCCCCCCCCC. The van der Waals surface area contributed by atoms with Crippen LogP contribution in [0.3, 0.4) is 0 Å². The van der Waals surface area contributed by atoms with E-state index in [0.717, 1.165) is 128 Å². The predicted molar refractivity (Wildman–Crippen MR) is 333 cm³/mol. The number of carbonyl (C=O) groups is 2. The fourth-order valence-corrected chi connectivity index (χ4v) is 9.59. The second-order valence-corrected chi connectivity index (χ2v) is 22.1. The molecule has 0 spiro atoms. The van der Waals surface area contributed by atoms with Crippen molar-refractivity contribution in [3.63, 3.8) is 0 Å². The van der Waals surface area contributed by atoms with Crippen LogP contribution >= 0.6 is 0 Å². The van der Waals surface area contributed by atoms with E-state index in [1.54, 1.807) is 6.08 Å². The van der Waals surface area contributed by atoms with Crippen LogP contribution in [0.25, 0.3) is 0 Å². The van der Waals surface area contributed by atoms with Gasteiger partial charge in [0.2, 0.25) is 5.91 Å². The van der Waals surface area contributed by atoms with Crippen molar-refractivity contribution in [1.29, 1.82) is 0 Å². The lowest BCUT2D eigenvalue weighted by Gasteiger charge is -2.41. The zero-order valence-corrected chi connectivity index (χ0v) is 50.9. The molecule has 0 radical (unpaired) electrons. The Balaban J connectivity index is 2.66. The van der Waals surface area contributed by atoms with Crippen LogP contribution in [0.5, 0.6) is 0 Å². The molecule has 80 heavy (non-hydrogen) atoms. The number of aliphatic hydroxyl groups excluding tert-OH is 5. The minimum Gasteiger partial charge on any atom is -0.454 e. The number of ether oxygens (including phenoxy) is 3. The van der Waals surface area contributed by atoms with Crippen LogP contribution in [0.4, 0.5) is 0 Å². The zero-order valence-electron chi connectivity index (χ0n) is 50.9. The van der Waals surface area contributed by atoms with Crippen LogP contribution in [0.1, 0.15) is 265 Å². The van der Waals surface area contributed by atoms with Gasteiger partial charge in [-0.1, -0.05) is 253 Å². The molecule has 0 aromatic carbocycles. The monoisotopic (exact) mass is 1120 g/mol. The number of aliphatic hydroxyl groups is 5. The van der Waals surface area contributed by atoms with Crippen molar-refractivity contribution in [1.82, 2.24) is 5.32 Å². The number of nitrogens with one attached hydrogen (secondary N) is 1. The summed E-state index contributed by atoms with van der Waals surface area (Å²) < 4.78 is 17.6. The number of hydrogen-bond acceptors (Lipinski definition) is 10. The largest absolute Gasteiger partial charge is 0.454 e. The Bertz CT molecular complexity index is 1670. The third-order valence-corrected chi connectivity index (χ3v) is 14.7. The van der Waals surface area contributed by atoms with E-state index in [1.807, 2.05) is 6.08 Å². The highest BCUT2D eigenvalue weighted by Gasteiger charge is 2.47. The zero-order chi connectivity index (χ0) is 58.2. The number of carbonyl (C=O) groups excluding carboxylic acids is 2. The van der Waals surface area contributed by atoms with E-state index < -0.39 is 67.4 Å². The lowest BCUT2D eigenvalue weighted by molar-refractivity contribution is -0.305. The highest BCUT2D eigenvalue weighted by molar-refractivity contribution is 5.80. The fraction of sp³-hybridized carbons (Fsp3) is 0.739. The summed E-state index contributed by atoms with van der Waals surface area (Å²) in [5, 5.41) is 57.1. The van der Waals surface area contributed by atoms with Crippen molar-refractivity contribution in [2.75, 3.05) is 13.2 Å². The van der Waals surface area contributed by atoms with Gasteiger partial charge >= 0.3 is 5.97 Å². The van der Waals surface area contributed by atoms with E-state index in [4.69, 9.17) is 14.2 Å². The molecule has 1 heterocycles. The topological polar surface area (TPSA) is 175 Å². The highest BCUT2D eigenvalue weighted by atomic mass is 16.7. The maximum Gasteiger partial charge on any atom is 0.306 e. The Kier molecular flexibility index (Phi) is 52.3. The molecule has 1 aliphatic heterocycles. The normalized spacial score (nSPS) is 19.4. The van der Waals surface area contributed by atoms with Gasteiger partial charge < -0.3 is 45.1 Å². The first kappa shape index (κ1) is 74.6. The standard InChI is InChI=1S/C69H119NO10/c1-4-7-10-13-16-19-22-25-27-29-30-31-32-33-35-36-38-41-44-47-50-53-56-62(73)68(77)70-60(61(72)55-52-49-46-43-40-24-21-18-15-12-9-6-3)59-78-69-67(66(76)65(75)63(58-71)79-69)80-64(74)57-54-51-48-45-42-39-37-34-28-26-23-20-17-14-11-8-5-2/h7,10,16-17,19-20,25-28,30-31,33,35,52,55,60-63,65-67,69,71-73,75-76H,4-6,8-9,11-15,18,21-24,29,32,34,36-51,53-54,56-59H2,1-3H3,(H,70,77)/b10-7-,19-16-,20-17-,27-25-,28-26-,31-30-,35-33-,55-52+. The summed E-state index contributed by atoms with van der Waals surface area (Å²) in [5.74, 6) is -1.22. The highest BCUT2D eigenvalue weighted by Crippen LogP contribution is 2.26. The summed E-state index contributed by atoms with van der Waals surface area (Å²) in [5.41, 5.74) is 0. The number of esters is 1. The van der Waals surface area contributed by atoms with E-state index in [9.17, 15) is 35.1 Å². The van der Waals surface area contributed by atoms with Gasteiger partial charge in [-0.2, -0.15) is 0 Å². The van der Waals surface area contributed by atoms with Gasteiger partial charge in [-0.15, -0.1) is 0 Å². The Hall–Kier alpha value is -3.42. The molecule has 11 nitrogen and oxygen atoms in total. The molecule has 1 rings (SSSR count). The van der Waals surface area contributed by atoms with Gasteiger partial charge in [0.15, 0.2) is 12.4 Å². The summed E-state index contributed by atoms with van der Waals surface area (Å²) in [4.78, 5) is 26.6. The van der Waals surface area contributed by atoms with Crippen molar-refractivity contribution in [2.45, 2.75) is 314 Å². The number of unbranched alkanes of at least 4 members (excludes halogenated alkanes) is 26. The number of rotatable bonds is 54. The number of amides is 1. The average molecular weight is 1120 g/mol. The molecule has 0 aliphatic carbocycles. The second-order valence-electron chi connectivity index (χ2n) is 22.1. The summed E-state index contributed by atoms with van der Waals surface area (Å²) in [6, 6.07) is -1.04. The van der Waals surface area contributed by atoms with Crippen molar-refractivity contribution < 1.29 is 49.3 Å². The first-order valence-corrected chi connectivity index (χ1v) is 32.5. The van der Waals surface area contributed by atoms with Crippen LogP contribution in [0.2, 0.25) is 0 Å². The van der Waals surface area contributed by atoms with Gasteiger partial charge in [-0.3, -0.25) is 9.59 Å². The maximum atomic E-state index is 13.4. The Morgan fingerprint density at radius 3 is 1.38 bits per heavy atom. The van der Waals surface area contributed by atoms with Gasteiger partial charge in [0.25, 0.3) is 0 Å². The van der Waals surface area contributed by atoms with Gasteiger partial charge in [-0.05, 0) is 103 Å². The molecule has 0 saturated carbocycles. The minimum absolute atomic E-state index is 0.109. The Labute approximate surface area is 488 Å². The van der Waals surface area contributed by atoms with Crippen molar-refractivity contribution in [3.8, 4) is 0 Å². The van der Waals surface area contributed by atoms with Crippen molar-refractivity contribution in [2.24, 2.45) is 0 Å². The van der Waals surface area contributed by atoms with Crippen molar-refractivity contribution >= 4 is 11.9 Å². The number of allylic oxidation sites excluding steroid dienone is 15. The van der Waals surface area contributed by atoms with E-state index in [-0.39, 0.29) is 19.4 Å². The lowest BCUT2D eigenvalue weighted by atomic mass is 9.99. The third kappa shape index (κ3) is 43.3. The fourth-order valence-electron chi connectivity index (χ4n) is 9.59. The molecule has 1 fully saturated rings. The summed E-state index contributed by atoms with van der Waals surface area (Å²) in [6.45, 7) is 5.64. The third-order valence-electron chi connectivity index (χ3n) is 14.7. The summed E-state index contributed by atoms with van der Waals surface area (Å²) in [6.07, 6.45) is 64.3. The molecule has 460 valence electrons. The second kappa shape index (κ2) is 56.1. The van der Waals surface area contributed by atoms with Gasteiger partial charge in [-0.25, -0.2) is 0 Å². The molecule has 1 saturated heterocycles. The minimum atomic E-state index is -1.62. The first-order chi connectivity index (χ1) is 39.2. The lowest BCUT2D eigenvalue weighted by Crippen LogP contribution is -2.61. The molecular weight excluding hydrogens is 1000 g/mol. The predicted octanol–water partition coefficient (Wildman–Crippen LogP) is 15.9. The molecule has 8 atom stereocenters. The number of hydrogen-bond donors (Lipinski definition) is 6. The maximum absolute atomic E-state index is 13.4. The molecule has 1 aliphatic rings. The quantitative estimate of drug-likeness (QED) is 0.0195. The summed E-state index contributed by atoms with van der Waals surface area (Å²) >= 11 is 0. The van der Waals surface area contributed by atoms with Crippen LogP contribution in [-0.4, -0.2) is 99.6 Å². The Morgan fingerprint density at radius 1 is 0.500 bits per heavy atom. The molecule has 0 bridgehead atoms. The van der Waals surface area contributed by atoms with E-state index in [2.05, 4.69) is 111 Å². The van der Waals surface area contributed by atoms with Crippen LogP contribution in [0, 0.1) is 0 Å². The molecule has 0 aromatic rings. The molecule has 6 N–H and O–H groups in total. The van der Waals surface area contributed by atoms with Crippen molar-refractivity contribution in [3.05, 3.63) is 97.2 Å². The molecule has 11 heteroatoms. The summed E-state index contributed by atoms with van der Waals surface area (Å²) in [7, 11) is 0. The van der Waals surface area contributed by atoms with E-state index >= 15 is 0 Å². The molecular formula is C69H119NO10. The molecule has 0 aromatic heterocycles. The van der Waals surface area contributed by atoms with E-state index in [1.165, 1.54) is 89.9 Å². The van der Waals surface area contributed by atoms with Gasteiger partial charge in [0.1, 0.15) is 24.4 Å². The van der Waals surface area contributed by atoms with Gasteiger partial charge in [0.05, 0.1) is 25.4 Å². The van der Waals surface area contributed by atoms with Crippen LogP contribution in [0.15, 0.2) is 97.2 Å². The van der Waals surface area contributed by atoms with Crippen LogP contribution < -0.4 is 5.32 Å². The smallest absolute Gasteiger partial charge is 0.306 e.